The van der Waals surface area contributed by atoms with E-state index in [9.17, 15) is 9.90 Å². The van der Waals surface area contributed by atoms with Crippen LogP contribution in [-0.2, 0) is 6.54 Å². The Morgan fingerprint density at radius 3 is 2.90 bits per heavy atom. The number of carboxylic acid groups (broad SMARTS) is 1. The maximum atomic E-state index is 11.2. The normalized spacial score (nSPS) is 16.3. The summed E-state index contributed by atoms with van der Waals surface area (Å²) in [7, 11) is 0. The molecule has 0 bridgehead atoms. The highest BCUT2D eigenvalue weighted by atomic mass is 32.2. The van der Waals surface area contributed by atoms with E-state index in [4.69, 9.17) is 4.98 Å². The van der Waals surface area contributed by atoms with Crippen LogP contribution >= 0.6 is 11.8 Å². The van der Waals surface area contributed by atoms with Gasteiger partial charge in [-0.1, -0.05) is 6.92 Å². The fourth-order valence-electron chi connectivity index (χ4n) is 2.77. The molecule has 1 N–H and O–H groups in total. The molecule has 3 rings (SSSR count). The lowest BCUT2D eigenvalue weighted by Crippen LogP contribution is -2.12. The van der Waals surface area contributed by atoms with Gasteiger partial charge < -0.3 is 9.67 Å². The predicted octanol–water partition coefficient (Wildman–Crippen LogP) is 3.61. The third-order valence-electron chi connectivity index (χ3n) is 3.91. The van der Waals surface area contributed by atoms with E-state index >= 15 is 0 Å². The Labute approximate surface area is 128 Å². The van der Waals surface area contributed by atoms with Gasteiger partial charge in [-0.15, -0.1) is 0 Å². The van der Waals surface area contributed by atoms with Crippen LogP contribution in [-0.4, -0.2) is 32.6 Å². The number of nitrogens with zero attached hydrogens (tertiary/aromatic N) is 2. The topological polar surface area (TPSA) is 55.1 Å². The number of benzene rings is 1. The molecule has 1 heterocycles. The van der Waals surface area contributed by atoms with Crippen molar-refractivity contribution in [2.75, 3.05) is 12.0 Å². The van der Waals surface area contributed by atoms with E-state index in [2.05, 4.69) is 17.7 Å². The Morgan fingerprint density at radius 2 is 2.29 bits per heavy atom. The highest BCUT2D eigenvalue weighted by molar-refractivity contribution is 7.98. The predicted molar refractivity (Wildman–Crippen MR) is 86.2 cm³/mol. The second-order valence-electron chi connectivity index (χ2n) is 5.92. The van der Waals surface area contributed by atoms with Gasteiger partial charge in [0.1, 0.15) is 5.82 Å². The monoisotopic (exact) mass is 304 g/mol. The molecule has 1 unspecified atom stereocenters. The van der Waals surface area contributed by atoms with Gasteiger partial charge in [0.2, 0.25) is 0 Å². The van der Waals surface area contributed by atoms with E-state index in [1.165, 1.54) is 12.8 Å². The summed E-state index contributed by atoms with van der Waals surface area (Å²) in [6.45, 7) is 3.15. The van der Waals surface area contributed by atoms with Gasteiger partial charge in [0.15, 0.2) is 0 Å². The molecule has 0 saturated heterocycles. The minimum atomic E-state index is -0.880. The number of carboxylic acids is 1. The number of hydrogen-bond acceptors (Lipinski definition) is 3. The van der Waals surface area contributed by atoms with Crippen LogP contribution < -0.4 is 0 Å². The Bertz CT molecular complexity index is 676. The molecule has 1 aromatic heterocycles. The average Bonchev–Trinajstić information content (AvgIpc) is 3.23. The van der Waals surface area contributed by atoms with Crippen LogP contribution in [0.1, 0.15) is 41.9 Å². The molecule has 1 aliphatic rings. The molecule has 1 aliphatic carbocycles. The number of fused-ring (bicyclic) bond motifs is 1. The van der Waals surface area contributed by atoms with E-state index in [-0.39, 0.29) is 0 Å². The SMILES string of the molecule is CSCC(C)Cn1c(C2CC2)nc2ccc(C(=O)O)cc21. The summed E-state index contributed by atoms with van der Waals surface area (Å²) in [6, 6.07) is 5.24. The van der Waals surface area contributed by atoms with Gasteiger partial charge in [-0.2, -0.15) is 11.8 Å². The average molecular weight is 304 g/mol. The van der Waals surface area contributed by atoms with Gasteiger partial charge in [0, 0.05) is 12.5 Å². The molecule has 1 aromatic carbocycles. The molecule has 2 aromatic rings. The van der Waals surface area contributed by atoms with Crippen molar-refractivity contribution in [1.29, 1.82) is 0 Å². The molecule has 0 amide bonds. The maximum Gasteiger partial charge on any atom is 0.335 e. The van der Waals surface area contributed by atoms with Crippen molar-refractivity contribution in [2.24, 2.45) is 5.92 Å². The molecular formula is C16H20N2O2S. The van der Waals surface area contributed by atoms with Crippen LogP contribution in [0.25, 0.3) is 11.0 Å². The van der Waals surface area contributed by atoms with Crippen molar-refractivity contribution in [2.45, 2.75) is 32.2 Å². The van der Waals surface area contributed by atoms with Crippen molar-refractivity contribution in [3.05, 3.63) is 29.6 Å². The number of thioether (sulfide) groups is 1. The van der Waals surface area contributed by atoms with Crippen molar-refractivity contribution in [3.63, 3.8) is 0 Å². The summed E-state index contributed by atoms with van der Waals surface area (Å²) >= 11 is 1.85. The summed E-state index contributed by atoms with van der Waals surface area (Å²) < 4.78 is 2.25. The third-order valence-corrected chi connectivity index (χ3v) is 4.82. The Kier molecular flexibility index (Phi) is 3.93. The van der Waals surface area contributed by atoms with Crippen LogP contribution in [0.4, 0.5) is 0 Å². The minimum Gasteiger partial charge on any atom is -0.478 e. The summed E-state index contributed by atoms with van der Waals surface area (Å²) in [4.78, 5) is 16.0. The molecule has 1 fully saturated rings. The van der Waals surface area contributed by atoms with E-state index in [1.54, 1.807) is 12.1 Å². The number of imidazole rings is 1. The molecule has 1 saturated carbocycles. The molecule has 0 radical (unpaired) electrons. The molecule has 21 heavy (non-hydrogen) atoms. The smallest absolute Gasteiger partial charge is 0.335 e. The van der Waals surface area contributed by atoms with Crippen LogP contribution in [0.5, 0.6) is 0 Å². The zero-order valence-corrected chi connectivity index (χ0v) is 13.2. The number of rotatable bonds is 6. The van der Waals surface area contributed by atoms with Crippen LogP contribution in [0, 0.1) is 5.92 Å². The fourth-order valence-corrected chi connectivity index (χ4v) is 3.44. The third kappa shape index (κ3) is 2.93. The Balaban J connectivity index is 2.05. The standard InChI is InChI=1S/C16H20N2O2S/c1-10(9-21-2)8-18-14-7-12(16(19)20)5-6-13(14)17-15(18)11-3-4-11/h5-7,10-11H,3-4,8-9H2,1-2H3,(H,19,20). The minimum absolute atomic E-state index is 0.337. The van der Waals surface area contributed by atoms with Crippen molar-refractivity contribution in [1.82, 2.24) is 9.55 Å². The molecular weight excluding hydrogens is 284 g/mol. The summed E-state index contributed by atoms with van der Waals surface area (Å²) in [5.41, 5.74) is 2.21. The van der Waals surface area contributed by atoms with Gasteiger partial charge in [-0.3, -0.25) is 0 Å². The van der Waals surface area contributed by atoms with E-state index in [1.807, 2.05) is 17.8 Å². The van der Waals surface area contributed by atoms with E-state index < -0.39 is 5.97 Å². The van der Waals surface area contributed by atoms with Gasteiger partial charge in [0.05, 0.1) is 16.6 Å². The zero-order chi connectivity index (χ0) is 15.0. The van der Waals surface area contributed by atoms with Gasteiger partial charge in [0.25, 0.3) is 0 Å². The first kappa shape index (κ1) is 14.4. The molecule has 0 aliphatic heterocycles. The number of aromatic carboxylic acids is 1. The molecule has 4 nitrogen and oxygen atoms in total. The molecule has 0 spiro atoms. The number of aromatic nitrogens is 2. The fraction of sp³-hybridized carbons (Fsp3) is 0.500. The quantitative estimate of drug-likeness (QED) is 0.885. The van der Waals surface area contributed by atoms with E-state index in [0.29, 0.717) is 17.4 Å². The molecule has 5 heteroatoms. The van der Waals surface area contributed by atoms with Crippen LogP contribution in [0.2, 0.25) is 0 Å². The Morgan fingerprint density at radius 1 is 1.52 bits per heavy atom. The lowest BCUT2D eigenvalue weighted by molar-refractivity contribution is 0.0697. The molecule has 112 valence electrons. The first-order valence-electron chi connectivity index (χ1n) is 7.32. The lowest BCUT2D eigenvalue weighted by Gasteiger charge is -2.14. The van der Waals surface area contributed by atoms with Gasteiger partial charge in [-0.05, 0) is 49.0 Å². The maximum absolute atomic E-state index is 11.2. The summed E-state index contributed by atoms with van der Waals surface area (Å²) in [5.74, 6) is 2.47. The van der Waals surface area contributed by atoms with Crippen LogP contribution in [0.3, 0.4) is 0 Å². The Hall–Kier alpha value is -1.49. The van der Waals surface area contributed by atoms with Crippen molar-refractivity contribution >= 4 is 28.8 Å². The highest BCUT2D eigenvalue weighted by Crippen LogP contribution is 2.41. The first-order chi connectivity index (χ1) is 10.1. The van der Waals surface area contributed by atoms with E-state index in [0.717, 1.165) is 29.2 Å². The van der Waals surface area contributed by atoms with Crippen molar-refractivity contribution < 1.29 is 9.90 Å². The second-order valence-corrected chi connectivity index (χ2v) is 6.83. The second kappa shape index (κ2) is 5.72. The van der Waals surface area contributed by atoms with Crippen LogP contribution in [0.15, 0.2) is 18.2 Å². The zero-order valence-electron chi connectivity index (χ0n) is 12.4. The highest BCUT2D eigenvalue weighted by Gasteiger charge is 2.30. The van der Waals surface area contributed by atoms with Gasteiger partial charge in [-0.25, -0.2) is 9.78 Å². The summed E-state index contributed by atoms with van der Waals surface area (Å²) in [5, 5.41) is 9.20. The lowest BCUT2D eigenvalue weighted by atomic mass is 10.2. The van der Waals surface area contributed by atoms with Crippen molar-refractivity contribution in [3.8, 4) is 0 Å². The molecule has 1 atom stereocenters. The first-order valence-corrected chi connectivity index (χ1v) is 8.72. The summed E-state index contributed by atoms with van der Waals surface area (Å²) in [6.07, 6.45) is 4.52. The number of hydrogen-bond donors (Lipinski definition) is 1. The number of carbonyl (C=O) groups is 1. The van der Waals surface area contributed by atoms with Gasteiger partial charge >= 0.3 is 5.97 Å². The largest absolute Gasteiger partial charge is 0.478 e.